The van der Waals surface area contributed by atoms with E-state index >= 15 is 0 Å². The van der Waals surface area contributed by atoms with Gasteiger partial charge in [-0.3, -0.25) is 4.90 Å². The van der Waals surface area contributed by atoms with Crippen LogP contribution in [0.1, 0.15) is 39.0 Å². The van der Waals surface area contributed by atoms with Crippen LogP contribution in [-0.2, 0) is 0 Å². The number of hydrogen-bond acceptors (Lipinski definition) is 3. The summed E-state index contributed by atoms with van der Waals surface area (Å²) >= 11 is 0. The first kappa shape index (κ1) is 12.9. The van der Waals surface area contributed by atoms with Crippen molar-refractivity contribution in [3.63, 3.8) is 0 Å². The van der Waals surface area contributed by atoms with E-state index in [1.54, 1.807) is 0 Å². The third kappa shape index (κ3) is 0.910. The second-order valence-electron chi connectivity index (χ2n) is 10.5. The molecule has 9 fully saturated rings. The fourth-order valence-electron chi connectivity index (χ4n) is 10.3. The van der Waals surface area contributed by atoms with Gasteiger partial charge in [0.2, 0.25) is 0 Å². The molecule has 3 heteroatoms. The lowest BCUT2D eigenvalue weighted by Gasteiger charge is -2.65. The fourth-order valence-corrected chi connectivity index (χ4v) is 10.3. The highest BCUT2D eigenvalue weighted by Crippen LogP contribution is 2.86. The topological polar surface area (TPSA) is 43.7 Å². The normalized spacial score (nSPS) is 75.6. The lowest BCUT2D eigenvalue weighted by molar-refractivity contribution is -0.194. The minimum Gasteiger partial charge on any atom is -0.392 e. The van der Waals surface area contributed by atoms with Crippen molar-refractivity contribution in [2.24, 2.45) is 39.9 Å². The molecule has 2 spiro atoms. The van der Waals surface area contributed by atoms with Crippen molar-refractivity contribution in [1.82, 2.24) is 4.90 Å². The molecule has 3 saturated heterocycles. The predicted molar refractivity (Wildman–Crippen MR) is 85.5 cm³/mol. The van der Waals surface area contributed by atoms with Crippen molar-refractivity contribution in [2.45, 2.75) is 63.3 Å². The number of nitrogens with zero attached hydrogens (tertiary/aromatic N) is 1. The summed E-state index contributed by atoms with van der Waals surface area (Å²) in [6.45, 7) is 8.05. The number of fused-ring (bicyclic) bond motifs is 1. The maximum absolute atomic E-state index is 11.3. The maximum atomic E-state index is 11.3. The molecule has 9 aliphatic rings. The number of rotatable bonds is 0. The number of piperidine rings is 2. The van der Waals surface area contributed by atoms with Crippen LogP contribution >= 0.6 is 0 Å². The molecule has 0 aromatic heterocycles. The Balaban J connectivity index is 1.54. The van der Waals surface area contributed by atoms with Crippen molar-refractivity contribution in [2.75, 3.05) is 6.54 Å². The number of aliphatic hydroxyl groups excluding tert-OH is 2. The van der Waals surface area contributed by atoms with Gasteiger partial charge in [-0.05, 0) is 66.8 Å². The van der Waals surface area contributed by atoms with E-state index in [9.17, 15) is 10.2 Å². The first-order valence-corrected chi connectivity index (χ1v) is 9.77. The van der Waals surface area contributed by atoms with Crippen LogP contribution in [0.25, 0.3) is 0 Å². The van der Waals surface area contributed by atoms with E-state index in [2.05, 4.69) is 18.4 Å². The van der Waals surface area contributed by atoms with Crippen molar-refractivity contribution in [3.05, 3.63) is 12.2 Å². The Morgan fingerprint density at radius 2 is 2.09 bits per heavy atom. The highest BCUT2D eigenvalue weighted by molar-refractivity contribution is 5.43. The summed E-state index contributed by atoms with van der Waals surface area (Å²) in [5.74, 6) is 2.36. The van der Waals surface area contributed by atoms with Gasteiger partial charge >= 0.3 is 0 Å². The van der Waals surface area contributed by atoms with Crippen LogP contribution in [0.4, 0.5) is 0 Å². The zero-order valence-corrected chi connectivity index (χ0v) is 13.9. The SMILES string of the molecule is C=C1[C@H]2C[C@@H]3[C@H]4N5C[C@]6(C)CC[C@@H](O)[C@@]47[C@@H]6[C@@H]5C[C@]3([C@@H]1O)[C@H]7C2. The van der Waals surface area contributed by atoms with Gasteiger partial charge in [-0.15, -0.1) is 0 Å². The van der Waals surface area contributed by atoms with Crippen LogP contribution in [0.15, 0.2) is 12.2 Å². The quantitative estimate of drug-likeness (QED) is 0.670. The number of hydrogen-bond donors (Lipinski definition) is 2. The summed E-state index contributed by atoms with van der Waals surface area (Å²) in [5.41, 5.74) is 1.72. The monoisotopic (exact) mass is 313 g/mol. The predicted octanol–water partition coefficient (Wildman–Crippen LogP) is 1.79. The lowest BCUT2D eigenvalue weighted by atomic mass is 9.40. The van der Waals surface area contributed by atoms with Crippen molar-refractivity contribution < 1.29 is 10.2 Å². The molecule has 3 aliphatic heterocycles. The average molecular weight is 313 g/mol. The summed E-state index contributed by atoms with van der Waals surface area (Å²) < 4.78 is 0. The molecule has 9 rings (SSSR count). The van der Waals surface area contributed by atoms with Gasteiger partial charge < -0.3 is 10.2 Å². The Bertz CT molecular complexity index is 677. The molecule has 0 aromatic rings. The third-order valence-electron chi connectivity index (χ3n) is 10.4. The molecule has 3 nitrogen and oxygen atoms in total. The van der Waals surface area contributed by atoms with Gasteiger partial charge in [-0.1, -0.05) is 13.5 Å². The first-order chi connectivity index (χ1) is 11.0. The minimum absolute atomic E-state index is 0.0672. The van der Waals surface area contributed by atoms with E-state index in [-0.39, 0.29) is 23.0 Å². The van der Waals surface area contributed by atoms with Gasteiger partial charge in [-0.2, -0.15) is 0 Å². The van der Waals surface area contributed by atoms with E-state index < -0.39 is 0 Å². The van der Waals surface area contributed by atoms with Gasteiger partial charge in [-0.25, -0.2) is 0 Å². The van der Waals surface area contributed by atoms with Crippen LogP contribution in [-0.4, -0.2) is 45.9 Å². The molecule has 124 valence electrons. The standard InChI is InChI=1S/C20H27NO2/c1-9-10-5-11-16-20-13(6-10)19(11,17(9)23)7-12-15(20)18(2,8-21(12)16)4-3-14(20)22/h10-17,22-23H,1,3-8H2,2H3/t10-,11+,12-,13+,14+,15+,16+,17+,18-,19+,20-/m0/s1. The molecule has 3 heterocycles. The van der Waals surface area contributed by atoms with Crippen LogP contribution in [0, 0.1) is 39.9 Å². The van der Waals surface area contributed by atoms with Crippen LogP contribution in [0.2, 0.25) is 0 Å². The van der Waals surface area contributed by atoms with E-state index in [0.29, 0.717) is 41.2 Å². The van der Waals surface area contributed by atoms with E-state index in [0.717, 1.165) is 12.0 Å². The summed E-state index contributed by atoms with van der Waals surface area (Å²) in [6.07, 6.45) is 5.38. The molecule has 6 aliphatic carbocycles. The van der Waals surface area contributed by atoms with E-state index in [1.807, 2.05) is 0 Å². The average Bonchev–Trinajstić information content (AvgIpc) is 2.94. The molecule has 2 N–H and O–H groups in total. The van der Waals surface area contributed by atoms with Crippen molar-refractivity contribution >= 4 is 0 Å². The molecule has 23 heavy (non-hydrogen) atoms. The minimum atomic E-state index is -0.295. The van der Waals surface area contributed by atoms with Crippen molar-refractivity contribution in [1.29, 1.82) is 0 Å². The molecular weight excluding hydrogens is 286 g/mol. The summed E-state index contributed by atoms with van der Waals surface area (Å²) in [6, 6.07) is 1.19. The lowest BCUT2D eigenvalue weighted by Crippen LogP contribution is -2.65. The summed E-state index contributed by atoms with van der Waals surface area (Å²) in [5, 5.41) is 22.6. The second kappa shape index (κ2) is 3.20. The Morgan fingerprint density at radius 3 is 2.91 bits per heavy atom. The third-order valence-corrected chi connectivity index (χ3v) is 10.4. The zero-order valence-electron chi connectivity index (χ0n) is 13.9. The molecule has 9 bridgehead atoms. The van der Waals surface area contributed by atoms with Gasteiger partial charge in [0.1, 0.15) is 0 Å². The Hall–Kier alpha value is -0.380. The van der Waals surface area contributed by atoms with Gasteiger partial charge in [0.25, 0.3) is 0 Å². The van der Waals surface area contributed by atoms with Crippen LogP contribution in [0.5, 0.6) is 0 Å². The number of aliphatic hydroxyl groups is 2. The molecule has 0 amide bonds. The van der Waals surface area contributed by atoms with Gasteiger partial charge in [0.05, 0.1) is 12.2 Å². The summed E-state index contributed by atoms with van der Waals surface area (Å²) in [7, 11) is 0. The molecule has 6 saturated carbocycles. The molecular formula is C20H27NO2. The Labute approximate surface area is 137 Å². The van der Waals surface area contributed by atoms with Crippen LogP contribution in [0.3, 0.4) is 0 Å². The maximum Gasteiger partial charge on any atom is 0.0813 e. The highest BCUT2D eigenvalue weighted by Gasteiger charge is 2.89. The van der Waals surface area contributed by atoms with E-state index in [1.165, 1.54) is 32.2 Å². The highest BCUT2D eigenvalue weighted by atomic mass is 16.3. The molecule has 1 unspecified atom stereocenters. The first-order valence-electron chi connectivity index (χ1n) is 9.77. The largest absolute Gasteiger partial charge is 0.392 e. The molecule has 0 aromatic carbocycles. The van der Waals surface area contributed by atoms with E-state index in [4.69, 9.17) is 0 Å². The van der Waals surface area contributed by atoms with Gasteiger partial charge in [0, 0.05) is 29.5 Å². The zero-order chi connectivity index (χ0) is 15.5. The molecule has 12 atom stereocenters. The Kier molecular flexibility index (Phi) is 1.79. The van der Waals surface area contributed by atoms with Crippen LogP contribution < -0.4 is 0 Å². The second-order valence-corrected chi connectivity index (χ2v) is 10.5. The molecule has 0 radical (unpaired) electrons. The van der Waals surface area contributed by atoms with Crippen molar-refractivity contribution in [3.8, 4) is 0 Å². The van der Waals surface area contributed by atoms with Gasteiger partial charge in [0.15, 0.2) is 0 Å². The smallest absolute Gasteiger partial charge is 0.0813 e. The summed E-state index contributed by atoms with van der Waals surface area (Å²) in [4.78, 5) is 2.83. The Morgan fingerprint density at radius 1 is 1.26 bits per heavy atom. The fraction of sp³-hybridized carbons (Fsp3) is 0.900.